The van der Waals surface area contributed by atoms with Gasteiger partial charge in [-0.1, -0.05) is 60.7 Å². The first-order valence-electron chi connectivity index (χ1n) is 14.2. The average molecular weight is 629 g/mol. The highest BCUT2D eigenvalue weighted by molar-refractivity contribution is 7.80. The van der Waals surface area contributed by atoms with E-state index in [2.05, 4.69) is 34.6 Å². The zero-order valence-corrected chi connectivity index (χ0v) is 26.2. The molecule has 5 rings (SSSR count). The number of benzene rings is 3. The maximum Gasteiger partial charge on any atom is 0.166 e. The molecule has 2 heterocycles. The third kappa shape index (κ3) is 8.12. The molecule has 0 unspecified atom stereocenters. The normalized spacial score (nSPS) is 11.1. The Hall–Kier alpha value is -4.02. The second kappa shape index (κ2) is 15.1. The third-order valence-corrected chi connectivity index (χ3v) is 8.49. The molecule has 0 aliphatic heterocycles. The van der Waals surface area contributed by atoms with Crippen LogP contribution < -0.4 is 14.8 Å². The molecule has 3 aromatic carbocycles. The van der Waals surface area contributed by atoms with Gasteiger partial charge in [-0.25, -0.2) is 4.39 Å². The number of carbonyl (C=O) groups excluding carboxylic acids is 1. The summed E-state index contributed by atoms with van der Waals surface area (Å²) < 4.78 is 32.5. The van der Waals surface area contributed by atoms with Crippen LogP contribution in [0.3, 0.4) is 0 Å². The number of carbonyl (C=O) groups is 1. The van der Waals surface area contributed by atoms with Gasteiger partial charge >= 0.3 is 0 Å². The van der Waals surface area contributed by atoms with E-state index in [9.17, 15) is 4.79 Å². The molecule has 0 spiro atoms. The van der Waals surface area contributed by atoms with Gasteiger partial charge in [-0.15, -0.1) is 11.3 Å². The Balaban J connectivity index is 1.22. The van der Waals surface area contributed by atoms with Crippen LogP contribution >= 0.6 is 23.6 Å². The van der Waals surface area contributed by atoms with E-state index in [1.165, 1.54) is 11.6 Å². The highest BCUT2D eigenvalue weighted by Crippen LogP contribution is 2.39. The number of Topliss-reactive ketones (excluding diaryl/α,β-unsaturated/α-hetero) is 1. The topological polar surface area (TPSA) is 69.7 Å². The number of hydrogen-bond donors (Lipinski definition) is 1. The van der Waals surface area contributed by atoms with E-state index in [0.717, 1.165) is 39.3 Å². The van der Waals surface area contributed by atoms with Gasteiger partial charge in [-0.3, -0.25) is 9.78 Å². The van der Waals surface area contributed by atoms with Crippen LogP contribution in [0.2, 0.25) is 0 Å². The predicted octanol–water partition coefficient (Wildman–Crippen LogP) is 7.75. The maximum atomic E-state index is 15.2. The van der Waals surface area contributed by atoms with Gasteiger partial charge in [0.1, 0.15) is 17.3 Å². The molecule has 0 saturated carbocycles. The number of thiocarbonyl (C=S) groups is 1. The molecule has 0 bridgehead atoms. The summed E-state index contributed by atoms with van der Waals surface area (Å²) in [6.07, 6.45) is 2.35. The molecule has 0 amide bonds. The number of ether oxygens (including phenoxy) is 3. The van der Waals surface area contributed by atoms with Crippen molar-refractivity contribution in [3.8, 4) is 27.7 Å². The van der Waals surface area contributed by atoms with Gasteiger partial charge in [0.05, 0.1) is 23.9 Å². The van der Waals surface area contributed by atoms with E-state index in [0.29, 0.717) is 35.0 Å². The number of nitrogens with zero attached hydrogens (tertiary/aromatic N) is 1. The van der Waals surface area contributed by atoms with Crippen molar-refractivity contribution >= 4 is 44.4 Å². The van der Waals surface area contributed by atoms with Crippen LogP contribution in [-0.4, -0.2) is 43.0 Å². The summed E-state index contributed by atoms with van der Waals surface area (Å²) in [5.41, 5.74) is 4.55. The second-order valence-corrected chi connectivity index (χ2v) is 11.9. The van der Waals surface area contributed by atoms with Crippen molar-refractivity contribution in [1.82, 2.24) is 10.3 Å². The van der Waals surface area contributed by atoms with Crippen molar-refractivity contribution in [2.45, 2.75) is 25.8 Å². The quantitative estimate of drug-likeness (QED) is 0.0939. The van der Waals surface area contributed by atoms with Crippen LogP contribution in [0.15, 0.2) is 85.1 Å². The van der Waals surface area contributed by atoms with Crippen molar-refractivity contribution in [3.63, 3.8) is 0 Å². The molecule has 0 aliphatic carbocycles. The Morgan fingerprint density at radius 2 is 1.73 bits per heavy atom. The summed E-state index contributed by atoms with van der Waals surface area (Å²) >= 11 is 7.04. The largest absolute Gasteiger partial charge is 0.496 e. The average Bonchev–Trinajstić information content (AvgIpc) is 3.46. The molecule has 5 aromatic rings. The Morgan fingerprint density at radius 1 is 0.932 bits per heavy atom. The molecule has 2 aromatic heterocycles. The van der Waals surface area contributed by atoms with Gasteiger partial charge in [-0.2, -0.15) is 0 Å². The molecular weight excluding hydrogens is 596 g/mol. The summed E-state index contributed by atoms with van der Waals surface area (Å²) in [4.78, 5) is 18.7. The number of fused-ring (bicyclic) bond motifs is 1. The lowest BCUT2D eigenvalue weighted by atomic mass is 10.0. The molecule has 44 heavy (non-hydrogen) atoms. The fourth-order valence-electron chi connectivity index (χ4n) is 4.82. The summed E-state index contributed by atoms with van der Waals surface area (Å²) in [5, 5.41) is 3.35. The number of methoxy groups -OCH3 is 2. The van der Waals surface area contributed by atoms with Crippen molar-refractivity contribution in [2.75, 3.05) is 27.4 Å². The zero-order chi connectivity index (χ0) is 30.9. The number of para-hydroxylation sites is 1. The first-order chi connectivity index (χ1) is 21.4. The Bertz CT molecular complexity index is 1750. The fourth-order valence-corrected chi connectivity index (χ4v) is 6.22. The summed E-state index contributed by atoms with van der Waals surface area (Å²) in [6, 6.07) is 24.4. The molecule has 0 saturated heterocycles. The lowest BCUT2D eigenvalue weighted by Crippen LogP contribution is -2.18. The van der Waals surface area contributed by atoms with E-state index in [1.54, 1.807) is 50.0 Å². The Morgan fingerprint density at radius 3 is 2.50 bits per heavy atom. The molecular formula is C35H33FN2O4S2. The fraction of sp³-hybridized carbons (Fsp3) is 0.229. The minimum Gasteiger partial charge on any atom is -0.496 e. The van der Waals surface area contributed by atoms with Gasteiger partial charge in [0.25, 0.3) is 0 Å². The first-order valence-corrected chi connectivity index (χ1v) is 15.4. The van der Waals surface area contributed by atoms with Crippen LogP contribution in [0.5, 0.6) is 17.2 Å². The van der Waals surface area contributed by atoms with Gasteiger partial charge in [-0.05, 0) is 41.0 Å². The first kappa shape index (κ1) is 31.4. The van der Waals surface area contributed by atoms with Gasteiger partial charge in [0.15, 0.2) is 11.6 Å². The molecule has 6 nitrogen and oxygen atoms in total. The highest BCUT2D eigenvalue weighted by Gasteiger charge is 2.15. The maximum absolute atomic E-state index is 15.2. The van der Waals surface area contributed by atoms with E-state index in [-0.39, 0.29) is 24.4 Å². The van der Waals surface area contributed by atoms with Crippen molar-refractivity contribution in [2.24, 2.45) is 0 Å². The summed E-state index contributed by atoms with van der Waals surface area (Å²) in [7, 11) is 3.27. The molecule has 0 radical (unpaired) electrons. The molecule has 0 aliphatic rings. The number of thiophene rings is 1. The summed E-state index contributed by atoms with van der Waals surface area (Å²) in [5.74, 6) is 0.810. The predicted molar refractivity (Wildman–Crippen MR) is 178 cm³/mol. The van der Waals surface area contributed by atoms with Gasteiger partial charge < -0.3 is 19.5 Å². The van der Waals surface area contributed by atoms with Crippen LogP contribution in [0.25, 0.3) is 20.7 Å². The number of pyridine rings is 1. The van der Waals surface area contributed by atoms with Crippen molar-refractivity contribution in [3.05, 3.63) is 108 Å². The smallest absolute Gasteiger partial charge is 0.166 e. The second-order valence-electron chi connectivity index (χ2n) is 10.3. The van der Waals surface area contributed by atoms with Gasteiger partial charge in [0.2, 0.25) is 0 Å². The number of nitrogens with one attached hydrogen (secondary N) is 1. The number of aromatic nitrogens is 1. The number of rotatable bonds is 15. The Labute approximate surface area is 265 Å². The molecule has 9 heteroatoms. The minimum atomic E-state index is -0.498. The molecule has 0 fully saturated rings. The SMILES string of the molecule is COCCNCc1ccc(-c2cc3nccc(Oc4ccc(CC(=S)CC(=O)Cc5ccccc5OC)cc4F)c3s2)cc1. The molecule has 1 N–H and O–H groups in total. The Kier molecular flexibility index (Phi) is 10.8. The van der Waals surface area contributed by atoms with Crippen LogP contribution in [0.1, 0.15) is 23.1 Å². The number of halogens is 1. The van der Waals surface area contributed by atoms with E-state index in [1.807, 2.05) is 30.3 Å². The van der Waals surface area contributed by atoms with E-state index < -0.39 is 5.82 Å². The zero-order valence-electron chi connectivity index (χ0n) is 24.6. The summed E-state index contributed by atoms with van der Waals surface area (Å²) in [6.45, 7) is 2.24. The highest BCUT2D eigenvalue weighted by atomic mass is 32.1. The van der Waals surface area contributed by atoms with Crippen LogP contribution in [0.4, 0.5) is 4.39 Å². The monoisotopic (exact) mass is 628 g/mol. The number of ketones is 1. The molecule has 0 atom stereocenters. The minimum absolute atomic E-state index is 0.0113. The van der Waals surface area contributed by atoms with E-state index >= 15 is 4.39 Å². The third-order valence-electron chi connectivity index (χ3n) is 7.02. The molecule has 226 valence electrons. The number of hydrogen-bond acceptors (Lipinski definition) is 8. The standard InChI is InChI=1S/C35H33FN2O4S2/c1-40-16-15-37-22-23-7-10-25(11-8-23)34-21-30-35(44-34)33(13-14-38-30)42-32-12-9-24(18-29(32)36)17-28(43)20-27(39)19-26-5-3-4-6-31(26)41-2/h3-14,18,21,37H,15-17,19-20,22H2,1-2H3. The van der Waals surface area contributed by atoms with Crippen LogP contribution in [-0.2, 0) is 28.9 Å². The lowest BCUT2D eigenvalue weighted by Gasteiger charge is -2.10. The van der Waals surface area contributed by atoms with E-state index in [4.69, 9.17) is 26.4 Å². The van der Waals surface area contributed by atoms with Crippen molar-refractivity contribution in [1.29, 1.82) is 0 Å². The van der Waals surface area contributed by atoms with Gasteiger partial charge in [0, 0.05) is 67.0 Å². The van der Waals surface area contributed by atoms with Crippen LogP contribution in [0, 0.1) is 5.82 Å². The van der Waals surface area contributed by atoms with Crippen molar-refractivity contribution < 1.29 is 23.4 Å². The lowest BCUT2D eigenvalue weighted by molar-refractivity contribution is -0.117.